The van der Waals surface area contributed by atoms with Crippen LogP contribution in [-0.2, 0) is 4.74 Å². The Hall–Kier alpha value is -2.53. The Morgan fingerprint density at radius 1 is 1.12 bits per heavy atom. The molecule has 1 N–H and O–H groups in total. The largest absolute Gasteiger partial charge is 0.383 e. The van der Waals surface area contributed by atoms with Gasteiger partial charge in [-0.25, -0.2) is 0 Å². The minimum atomic E-state index is -0.196. The average molecular weight is 325 g/mol. The van der Waals surface area contributed by atoms with E-state index < -0.39 is 0 Å². The van der Waals surface area contributed by atoms with Gasteiger partial charge in [0.05, 0.1) is 12.2 Å². The molecule has 126 valence electrons. The molecule has 0 spiro atoms. The molecule has 0 fully saturated rings. The lowest BCUT2D eigenvalue weighted by atomic mass is 10.0. The molecule has 0 saturated carbocycles. The van der Waals surface area contributed by atoms with Gasteiger partial charge in [0.25, 0.3) is 5.91 Å². The van der Waals surface area contributed by atoms with E-state index in [0.717, 1.165) is 16.9 Å². The maximum atomic E-state index is 12.9. The molecule has 1 unspecified atom stereocenters. The predicted molar refractivity (Wildman–Crippen MR) is 96.5 cm³/mol. The third kappa shape index (κ3) is 3.08. The number of rotatable bonds is 5. The van der Waals surface area contributed by atoms with Crippen LogP contribution < -0.4 is 10.2 Å². The van der Waals surface area contributed by atoms with Gasteiger partial charge in [0.2, 0.25) is 0 Å². The SMILES string of the molecule is COCCN1C(=O)c2ccccc2NC1c1ccc(N(C)C)cc1. The highest BCUT2D eigenvalue weighted by molar-refractivity contribution is 6.01. The van der Waals surface area contributed by atoms with Crippen molar-refractivity contribution in [2.75, 3.05) is 44.6 Å². The molecule has 1 amide bonds. The molecular weight excluding hydrogens is 302 g/mol. The molecular formula is C19H23N3O2. The smallest absolute Gasteiger partial charge is 0.257 e. The summed E-state index contributed by atoms with van der Waals surface area (Å²) in [6, 6.07) is 15.9. The van der Waals surface area contributed by atoms with Crippen LogP contribution in [0.15, 0.2) is 48.5 Å². The molecule has 1 heterocycles. The van der Waals surface area contributed by atoms with Crippen molar-refractivity contribution in [3.05, 3.63) is 59.7 Å². The Morgan fingerprint density at radius 2 is 1.83 bits per heavy atom. The molecule has 1 aliphatic heterocycles. The molecule has 0 saturated heterocycles. The van der Waals surface area contributed by atoms with Crippen molar-refractivity contribution in [2.24, 2.45) is 0 Å². The minimum Gasteiger partial charge on any atom is -0.383 e. The maximum Gasteiger partial charge on any atom is 0.257 e. The molecule has 0 radical (unpaired) electrons. The number of para-hydroxylation sites is 1. The summed E-state index contributed by atoms with van der Waals surface area (Å²) in [5.41, 5.74) is 3.76. The van der Waals surface area contributed by atoms with Gasteiger partial charge in [0.1, 0.15) is 6.17 Å². The first-order valence-corrected chi connectivity index (χ1v) is 8.04. The van der Waals surface area contributed by atoms with Crippen LogP contribution in [0, 0.1) is 0 Å². The fraction of sp³-hybridized carbons (Fsp3) is 0.316. The van der Waals surface area contributed by atoms with Crippen LogP contribution in [0.1, 0.15) is 22.1 Å². The van der Waals surface area contributed by atoms with Gasteiger partial charge in [-0.1, -0.05) is 24.3 Å². The summed E-state index contributed by atoms with van der Waals surface area (Å²) in [5, 5.41) is 3.49. The second kappa shape index (κ2) is 6.93. The zero-order valence-corrected chi connectivity index (χ0v) is 14.3. The molecule has 5 nitrogen and oxygen atoms in total. The standard InChI is InChI=1S/C19H23N3O2/c1-21(2)15-10-8-14(9-11-15)18-20-17-7-5-4-6-16(17)19(23)22(18)12-13-24-3/h4-11,18,20H,12-13H2,1-3H3. The summed E-state index contributed by atoms with van der Waals surface area (Å²) < 4.78 is 5.19. The molecule has 0 bridgehead atoms. The molecule has 5 heteroatoms. The highest BCUT2D eigenvalue weighted by atomic mass is 16.5. The van der Waals surface area contributed by atoms with Crippen LogP contribution in [-0.4, -0.2) is 45.2 Å². The molecule has 2 aromatic rings. The molecule has 24 heavy (non-hydrogen) atoms. The van der Waals surface area contributed by atoms with Crippen LogP contribution in [0.3, 0.4) is 0 Å². The molecule has 2 aromatic carbocycles. The van der Waals surface area contributed by atoms with Crippen LogP contribution in [0.5, 0.6) is 0 Å². The Morgan fingerprint density at radius 3 is 2.50 bits per heavy atom. The molecule has 3 rings (SSSR count). The van der Waals surface area contributed by atoms with Gasteiger partial charge in [0, 0.05) is 39.1 Å². The number of nitrogens with zero attached hydrogens (tertiary/aromatic N) is 2. The highest BCUT2D eigenvalue weighted by Crippen LogP contribution is 2.33. The normalized spacial score (nSPS) is 16.5. The Labute approximate surface area is 142 Å². The van der Waals surface area contributed by atoms with Gasteiger partial charge >= 0.3 is 0 Å². The quantitative estimate of drug-likeness (QED) is 0.918. The van der Waals surface area contributed by atoms with Crippen molar-refractivity contribution >= 4 is 17.3 Å². The first-order valence-electron chi connectivity index (χ1n) is 8.04. The summed E-state index contributed by atoms with van der Waals surface area (Å²) >= 11 is 0. The monoisotopic (exact) mass is 325 g/mol. The number of benzene rings is 2. The van der Waals surface area contributed by atoms with Crippen LogP contribution in [0.4, 0.5) is 11.4 Å². The summed E-state index contributed by atoms with van der Waals surface area (Å²) in [4.78, 5) is 16.8. The summed E-state index contributed by atoms with van der Waals surface area (Å²) in [6.07, 6.45) is -0.196. The van der Waals surface area contributed by atoms with Gasteiger partial charge in [-0.15, -0.1) is 0 Å². The minimum absolute atomic E-state index is 0.0306. The van der Waals surface area contributed by atoms with Gasteiger partial charge < -0.3 is 19.9 Å². The lowest BCUT2D eigenvalue weighted by Crippen LogP contribution is -2.44. The maximum absolute atomic E-state index is 12.9. The second-order valence-corrected chi connectivity index (χ2v) is 6.07. The van der Waals surface area contributed by atoms with Crippen molar-refractivity contribution in [1.29, 1.82) is 0 Å². The van der Waals surface area contributed by atoms with E-state index in [9.17, 15) is 4.79 Å². The number of hydrogen-bond donors (Lipinski definition) is 1. The van der Waals surface area contributed by atoms with Crippen molar-refractivity contribution in [3.8, 4) is 0 Å². The lowest BCUT2D eigenvalue weighted by Gasteiger charge is -2.38. The number of nitrogens with one attached hydrogen (secondary N) is 1. The topological polar surface area (TPSA) is 44.8 Å². The zero-order chi connectivity index (χ0) is 17.1. The zero-order valence-electron chi connectivity index (χ0n) is 14.3. The van der Waals surface area contributed by atoms with Crippen molar-refractivity contribution in [2.45, 2.75) is 6.17 Å². The number of amides is 1. The Bertz CT molecular complexity index is 713. The Kier molecular flexibility index (Phi) is 4.71. The van der Waals surface area contributed by atoms with Crippen LogP contribution >= 0.6 is 0 Å². The van der Waals surface area contributed by atoms with Crippen molar-refractivity contribution in [3.63, 3.8) is 0 Å². The molecule has 0 aliphatic carbocycles. The van der Waals surface area contributed by atoms with E-state index in [1.54, 1.807) is 7.11 Å². The number of ether oxygens (including phenoxy) is 1. The van der Waals surface area contributed by atoms with E-state index in [1.807, 2.05) is 43.3 Å². The Balaban J connectivity index is 1.95. The van der Waals surface area contributed by atoms with E-state index in [-0.39, 0.29) is 12.1 Å². The second-order valence-electron chi connectivity index (χ2n) is 6.07. The van der Waals surface area contributed by atoms with E-state index in [4.69, 9.17) is 4.74 Å². The molecule has 0 aromatic heterocycles. The summed E-state index contributed by atoms with van der Waals surface area (Å²) in [6.45, 7) is 1.04. The summed E-state index contributed by atoms with van der Waals surface area (Å²) in [7, 11) is 5.67. The number of carbonyl (C=O) groups excluding carboxylic acids is 1. The van der Waals surface area contributed by atoms with E-state index in [1.165, 1.54) is 0 Å². The third-order valence-electron chi connectivity index (χ3n) is 4.28. The van der Waals surface area contributed by atoms with Crippen molar-refractivity contribution in [1.82, 2.24) is 4.90 Å². The van der Waals surface area contributed by atoms with Crippen LogP contribution in [0.2, 0.25) is 0 Å². The third-order valence-corrected chi connectivity index (χ3v) is 4.28. The number of methoxy groups -OCH3 is 1. The number of hydrogen-bond acceptors (Lipinski definition) is 4. The lowest BCUT2D eigenvalue weighted by molar-refractivity contribution is 0.0609. The summed E-state index contributed by atoms with van der Waals surface area (Å²) in [5.74, 6) is 0.0306. The van der Waals surface area contributed by atoms with Gasteiger partial charge in [-0.3, -0.25) is 4.79 Å². The van der Waals surface area contributed by atoms with Gasteiger partial charge in [-0.05, 0) is 29.8 Å². The van der Waals surface area contributed by atoms with E-state index in [0.29, 0.717) is 18.7 Å². The molecule has 1 aliphatic rings. The van der Waals surface area contributed by atoms with E-state index in [2.05, 4.69) is 34.5 Å². The first-order chi connectivity index (χ1) is 11.6. The van der Waals surface area contributed by atoms with Gasteiger partial charge in [0.15, 0.2) is 0 Å². The van der Waals surface area contributed by atoms with Crippen molar-refractivity contribution < 1.29 is 9.53 Å². The van der Waals surface area contributed by atoms with Crippen LogP contribution in [0.25, 0.3) is 0 Å². The van der Waals surface area contributed by atoms with E-state index >= 15 is 0 Å². The first kappa shape index (κ1) is 16.3. The highest BCUT2D eigenvalue weighted by Gasteiger charge is 2.32. The predicted octanol–water partition coefficient (Wildman–Crippen LogP) is 2.97. The number of carbonyl (C=O) groups is 1. The molecule has 1 atom stereocenters. The fourth-order valence-electron chi connectivity index (χ4n) is 2.93. The fourth-order valence-corrected chi connectivity index (χ4v) is 2.93. The number of fused-ring (bicyclic) bond motifs is 1. The number of anilines is 2. The van der Waals surface area contributed by atoms with Gasteiger partial charge in [-0.2, -0.15) is 0 Å². The average Bonchev–Trinajstić information content (AvgIpc) is 2.61.